The van der Waals surface area contributed by atoms with Gasteiger partial charge in [0, 0.05) is 16.8 Å². The normalized spacial score (nSPS) is 12.4. The smallest absolute Gasteiger partial charge is 0.266 e. The van der Waals surface area contributed by atoms with E-state index in [0.29, 0.717) is 5.69 Å². The molecule has 0 atom stereocenters. The van der Waals surface area contributed by atoms with Crippen LogP contribution in [0.3, 0.4) is 0 Å². The molecular weight excluding hydrogens is 372 g/mol. The van der Waals surface area contributed by atoms with Gasteiger partial charge in [-0.15, -0.1) is 0 Å². The number of nitrogens with zero attached hydrogens (tertiary/aromatic N) is 1. The van der Waals surface area contributed by atoms with Crippen LogP contribution < -0.4 is 5.32 Å². The summed E-state index contributed by atoms with van der Waals surface area (Å²) in [6.07, 6.45) is 2.50. The van der Waals surface area contributed by atoms with Crippen LogP contribution in [-0.4, -0.2) is 11.0 Å². The van der Waals surface area contributed by atoms with Crippen molar-refractivity contribution in [2.75, 3.05) is 5.32 Å². The molecule has 4 nitrogen and oxygen atoms in total. The Morgan fingerprint density at radius 3 is 1.93 bits per heavy atom. The summed E-state index contributed by atoms with van der Waals surface area (Å²) in [7, 11) is 0. The summed E-state index contributed by atoms with van der Waals surface area (Å²) in [5, 5.41) is 23.2. The van der Waals surface area contributed by atoms with Gasteiger partial charge in [0.2, 0.25) is 0 Å². The lowest BCUT2D eigenvalue weighted by molar-refractivity contribution is -0.112. The van der Waals surface area contributed by atoms with Crippen molar-refractivity contribution in [1.82, 2.24) is 0 Å². The summed E-state index contributed by atoms with van der Waals surface area (Å²) in [5.74, 6) is -0.185. The van der Waals surface area contributed by atoms with Crippen molar-refractivity contribution in [2.24, 2.45) is 0 Å². The van der Waals surface area contributed by atoms with Gasteiger partial charge in [-0.1, -0.05) is 60.6 Å². The van der Waals surface area contributed by atoms with Gasteiger partial charge in [-0.25, -0.2) is 0 Å². The number of amides is 1. The molecule has 0 fully saturated rings. The Kier molecular flexibility index (Phi) is 6.77. The molecule has 1 amide bonds. The van der Waals surface area contributed by atoms with Crippen LogP contribution >= 0.6 is 0 Å². The highest BCUT2D eigenvalue weighted by Crippen LogP contribution is 2.40. The zero-order valence-electron chi connectivity index (χ0n) is 19.1. The molecule has 0 spiro atoms. The number of carbonyl (C=O) groups is 1. The fourth-order valence-corrected chi connectivity index (χ4v) is 3.22. The highest BCUT2D eigenvalue weighted by Gasteiger charge is 2.26. The number of phenols is 1. The van der Waals surface area contributed by atoms with E-state index < -0.39 is 5.91 Å². The molecule has 0 aliphatic carbocycles. The molecular formula is C26H32N2O2. The maximum atomic E-state index is 12.7. The molecule has 2 rings (SSSR count). The number of aryl methyl sites for hydroxylation is 1. The Balaban J connectivity index is 2.47. The third kappa shape index (κ3) is 5.51. The first-order valence-corrected chi connectivity index (χ1v) is 10.3. The summed E-state index contributed by atoms with van der Waals surface area (Å²) in [6.45, 7) is 14.2. The maximum absolute atomic E-state index is 12.7. The van der Waals surface area contributed by atoms with E-state index in [0.717, 1.165) is 23.1 Å². The Labute approximate surface area is 180 Å². The average molecular weight is 405 g/mol. The number of phenolic OH excluding ortho intramolecular Hbond substituents is 1. The van der Waals surface area contributed by atoms with Gasteiger partial charge in [-0.3, -0.25) is 4.79 Å². The number of rotatable bonds is 4. The molecule has 158 valence electrons. The maximum Gasteiger partial charge on any atom is 0.266 e. The van der Waals surface area contributed by atoms with Crippen LogP contribution in [0.1, 0.15) is 70.7 Å². The van der Waals surface area contributed by atoms with Crippen molar-refractivity contribution in [3.05, 3.63) is 64.2 Å². The summed E-state index contributed by atoms with van der Waals surface area (Å²) in [4.78, 5) is 12.7. The highest BCUT2D eigenvalue weighted by atomic mass is 16.3. The Morgan fingerprint density at radius 2 is 1.53 bits per heavy atom. The number of aromatic hydroxyl groups is 1. The van der Waals surface area contributed by atoms with Crippen molar-refractivity contribution in [1.29, 1.82) is 5.26 Å². The number of nitrogens with one attached hydrogen (secondary N) is 1. The SMILES string of the molecule is CCc1ccc(NC(=O)C(C#N)=Cc2cc(C(C)(C)C)c(O)c(C(C)(C)C)c2)cc1. The van der Waals surface area contributed by atoms with Crippen LogP contribution in [-0.2, 0) is 22.0 Å². The number of benzene rings is 2. The Morgan fingerprint density at radius 1 is 1.03 bits per heavy atom. The molecule has 0 aromatic heterocycles. The van der Waals surface area contributed by atoms with E-state index >= 15 is 0 Å². The zero-order valence-corrected chi connectivity index (χ0v) is 19.1. The fourth-order valence-electron chi connectivity index (χ4n) is 3.22. The van der Waals surface area contributed by atoms with Crippen LogP contribution in [0.4, 0.5) is 5.69 Å². The second-order valence-electron chi connectivity index (χ2n) is 9.64. The number of nitriles is 1. The second-order valence-corrected chi connectivity index (χ2v) is 9.64. The lowest BCUT2D eigenvalue weighted by Crippen LogP contribution is -2.18. The highest BCUT2D eigenvalue weighted by molar-refractivity contribution is 6.09. The molecule has 2 aromatic carbocycles. The summed E-state index contributed by atoms with van der Waals surface area (Å²) < 4.78 is 0. The first-order valence-electron chi connectivity index (χ1n) is 10.3. The van der Waals surface area contributed by atoms with E-state index in [-0.39, 0.29) is 22.2 Å². The minimum absolute atomic E-state index is 0.0139. The largest absolute Gasteiger partial charge is 0.507 e. The van der Waals surface area contributed by atoms with Gasteiger partial charge in [0.05, 0.1) is 0 Å². The van der Waals surface area contributed by atoms with Gasteiger partial charge in [0.15, 0.2) is 0 Å². The van der Waals surface area contributed by atoms with Crippen LogP contribution in [0.25, 0.3) is 6.08 Å². The molecule has 0 radical (unpaired) electrons. The second kappa shape index (κ2) is 8.75. The van der Waals surface area contributed by atoms with E-state index in [1.807, 2.05) is 84.0 Å². The summed E-state index contributed by atoms with van der Waals surface area (Å²) >= 11 is 0. The van der Waals surface area contributed by atoms with Crippen LogP contribution in [0.2, 0.25) is 0 Å². The van der Waals surface area contributed by atoms with E-state index in [1.165, 1.54) is 5.56 Å². The van der Waals surface area contributed by atoms with Crippen LogP contribution in [0.5, 0.6) is 5.75 Å². The molecule has 2 N–H and O–H groups in total. The minimum Gasteiger partial charge on any atom is -0.507 e. The van der Waals surface area contributed by atoms with Gasteiger partial charge < -0.3 is 10.4 Å². The number of hydrogen-bond acceptors (Lipinski definition) is 3. The summed E-state index contributed by atoms with van der Waals surface area (Å²) in [5.41, 5.74) is 3.56. The molecule has 2 aromatic rings. The van der Waals surface area contributed by atoms with Crippen LogP contribution in [0, 0.1) is 11.3 Å². The third-order valence-corrected chi connectivity index (χ3v) is 5.04. The Bertz CT molecular complexity index is 960. The molecule has 0 aliphatic rings. The van der Waals surface area contributed by atoms with E-state index in [2.05, 4.69) is 12.2 Å². The average Bonchev–Trinajstić information content (AvgIpc) is 2.65. The lowest BCUT2D eigenvalue weighted by Gasteiger charge is -2.28. The van der Waals surface area contributed by atoms with Gasteiger partial charge in [0.25, 0.3) is 5.91 Å². The van der Waals surface area contributed by atoms with Gasteiger partial charge in [0.1, 0.15) is 17.4 Å². The standard InChI is InChI=1S/C26H32N2O2/c1-8-17-9-11-20(12-10-17)28-24(30)19(16-27)13-18-14-21(25(2,3)4)23(29)22(15-18)26(5,6)7/h9-15,29H,8H2,1-7H3,(H,28,30). The molecule has 30 heavy (non-hydrogen) atoms. The van der Waals surface area contributed by atoms with Crippen molar-refractivity contribution in [2.45, 2.75) is 65.7 Å². The Hall–Kier alpha value is -3.06. The topological polar surface area (TPSA) is 73.1 Å². The molecule has 0 aliphatic heterocycles. The van der Waals surface area contributed by atoms with Gasteiger partial charge >= 0.3 is 0 Å². The van der Waals surface area contributed by atoms with E-state index in [9.17, 15) is 15.2 Å². The van der Waals surface area contributed by atoms with E-state index in [1.54, 1.807) is 6.08 Å². The molecule has 0 heterocycles. The van der Waals surface area contributed by atoms with Crippen LogP contribution in [0.15, 0.2) is 42.0 Å². The first kappa shape index (κ1) is 23.2. The molecule has 0 saturated carbocycles. The predicted molar refractivity (Wildman–Crippen MR) is 124 cm³/mol. The number of hydrogen-bond donors (Lipinski definition) is 2. The minimum atomic E-state index is -0.454. The van der Waals surface area contributed by atoms with Crippen molar-refractivity contribution in [3.8, 4) is 11.8 Å². The number of carbonyl (C=O) groups excluding carboxylic acids is 1. The predicted octanol–water partition coefficient (Wildman–Crippen LogP) is 6.10. The van der Waals surface area contributed by atoms with Gasteiger partial charge in [-0.05, 0) is 58.7 Å². The molecule has 0 unspecified atom stereocenters. The van der Waals surface area contributed by atoms with Crippen molar-refractivity contribution >= 4 is 17.7 Å². The van der Waals surface area contributed by atoms with Crippen molar-refractivity contribution in [3.63, 3.8) is 0 Å². The molecule has 0 bridgehead atoms. The van der Waals surface area contributed by atoms with E-state index in [4.69, 9.17) is 0 Å². The fraction of sp³-hybridized carbons (Fsp3) is 0.385. The molecule has 4 heteroatoms. The number of anilines is 1. The first-order chi connectivity index (χ1) is 13.9. The zero-order chi connectivity index (χ0) is 22.7. The third-order valence-electron chi connectivity index (χ3n) is 5.04. The van der Waals surface area contributed by atoms with Gasteiger partial charge in [-0.2, -0.15) is 5.26 Å². The van der Waals surface area contributed by atoms with Crippen molar-refractivity contribution < 1.29 is 9.90 Å². The lowest BCUT2D eigenvalue weighted by atomic mass is 9.78. The quantitative estimate of drug-likeness (QED) is 0.478. The monoisotopic (exact) mass is 404 g/mol. The summed E-state index contributed by atoms with van der Waals surface area (Å²) in [6, 6.07) is 13.3. The molecule has 0 saturated heterocycles.